The van der Waals surface area contributed by atoms with E-state index >= 15 is 0 Å². The molecule has 0 radical (unpaired) electrons. The molecule has 0 aromatic heterocycles. The minimum absolute atomic E-state index is 0.0750. The highest BCUT2D eigenvalue weighted by atomic mass is 35.5. The average Bonchev–Trinajstić information content (AvgIpc) is 2.78. The molecule has 1 aliphatic heterocycles. The molecule has 0 saturated heterocycles. The Morgan fingerprint density at radius 2 is 1.75 bits per heavy atom. The number of anilines is 1. The number of unbranched alkanes of at least 4 members (excludes halogenated alkanes) is 2. The number of nitrogens with zero attached hydrogens (tertiary/aromatic N) is 3. The number of amides is 2. The van der Waals surface area contributed by atoms with Gasteiger partial charge in [-0.25, -0.2) is 4.99 Å². The van der Waals surface area contributed by atoms with Crippen LogP contribution in [0.4, 0.5) is 11.4 Å². The zero-order valence-corrected chi connectivity index (χ0v) is 19.7. The van der Waals surface area contributed by atoms with Crippen LogP contribution >= 0.6 is 11.6 Å². The summed E-state index contributed by atoms with van der Waals surface area (Å²) in [5, 5.41) is 3.67. The molecule has 2 aromatic rings. The van der Waals surface area contributed by atoms with Crippen LogP contribution in [0.5, 0.6) is 0 Å². The maximum absolute atomic E-state index is 13.4. The van der Waals surface area contributed by atoms with Crippen molar-refractivity contribution >= 4 is 40.7 Å². The molecule has 1 atom stereocenters. The predicted molar refractivity (Wildman–Crippen MR) is 130 cm³/mol. The first-order chi connectivity index (χ1) is 15.5. The van der Waals surface area contributed by atoms with Crippen LogP contribution in [0.15, 0.2) is 53.5 Å². The van der Waals surface area contributed by atoms with E-state index in [9.17, 15) is 9.59 Å². The van der Waals surface area contributed by atoms with Crippen molar-refractivity contribution in [3.8, 4) is 0 Å². The summed E-state index contributed by atoms with van der Waals surface area (Å²) in [7, 11) is 0. The SMILES string of the molecule is CCCCNC(=O)C1c2ccccc2N=C(N(C(C)=O)c2ccc(Cl)cc2)N1CCCC. The normalized spacial score (nSPS) is 15.1. The number of hydrogen-bond donors (Lipinski definition) is 1. The molecule has 7 heteroatoms. The smallest absolute Gasteiger partial charge is 0.247 e. The van der Waals surface area contributed by atoms with Crippen molar-refractivity contribution in [3.05, 3.63) is 59.1 Å². The Balaban J connectivity index is 2.11. The summed E-state index contributed by atoms with van der Waals surface area (Å²) in [4.78, 5) is 34.6. The van der Waals surface area contributed by atoms with E-state index in [2.05, 4.69) is 19.2 Å². The Morgan fingerprint density at radius 3 is 2.41 bits per heavy atom. The second-order valence-corrected chi connectivity index (χ2v) is 8.33. The standard InChI is InChI=1S/C25H31ClN4O2/c1-4-6-16-27-24(32)23-21-10-8-9-11-22(21)28-25(29(23)17-7-5-2)30(18(3)31)20-14-12-19(26)13-15-20/h8-15,23H,4-7,16-17H2,1-3H3,(H,27,32). The first kappa shape index (κ1) is 23.8. The number of carbonyl (C=O) groups is 2. The number of hydrogen-bond acceptors (Lipinski definition) is 4. The van der Waals surface area contributed by atoms with Gasteiger partial charge in [0.05, 0.1) is 11.4 Å². The molecule has 1 heterocycles. The number of guanidine groups is 1. The summed E-state index contributed by atoms with van der Waals surface area (Å²) in [5.41, 5.74) is 2.21. The number of halogens is 1. The number of aliphatic imine (C=N–C) groups is 1. The largest absolute Gasteiger partial charge is 0.354 e. The summed E-state index contributed by atoms with van der Waals surface area (Å²) in [6.07, 6.45) is 3.74. The van der Waals surface area contributed by atoms with Gasteiger partial charge in [0.15, 0.2) is 0 Å². The van der Waals surface area contributed by atoms with Crippen molar-refractivity contribution in [1.29, 1.82) is 0 Å². The molecule has 0 spiro atoms. The van der Waals surface area contributed by atoms with Crippen molar-refractivity contribution < 1.29 is 9.59 Å². The lowest BCUT2D eigenvalue weighted by Crippen LogP contribution is -2.53. The summed E-state index contributed by atoms with van der Waals surface area (Å²) in [6.45, 7) is 6.93. The Kier molecular flexibility index (Phi) is 8.28. The van der Waals surface area contributed by atoms with Crippen molar-refractivity contribution in [3.63, 3.8) is 0 Å². The van der Waals surface area contributed by atoms with Gasteiger partial charge in [0.2, 0.25) is 17.8 Å². The quantitative estimate of drug-likeness (QED) is 0.539. The summed E-state index contributed by atoms with van der Waals surface area (Å²) in [6, 6.07) is 14.2. The maximum atomic E-state index is 13.4. The molecule has 2 aromatic carbocycles. The van der Waals surface area contributed by atoms with E-state index < -0.39 is 6.04 Å². The third-order valence-corrected chi connectivity index (χ3v) is 5.70. The molecule has 170 valence electrons. The molecule has 0 fully saturated rings. The molecule has 0 saturated carbocycles. The number of benzene rings is 2. The van der Waals surface area contributed by atoms with E-state index in [0.29, 0.717) is 35.4 Å². The second-order valence-electron chi connectivity index (χ2n) is 7.90. The molecule has 1 aliphatic rings. The van der Waals surface area contributed by atoms with Crippen molar-refractivity contribution in [2.24, 2.45) is 4.99 Å². The first-order valence-corrected chi connectivity index (χ1v) is 11.6. The monoisotopic (exact) mass is 454 g/mol. The molecule has 0 bridgehead atoms. The van der Waals surface area contributed by atoms with Crippen LogP contribution in [0.2, 0.25) is 5.02 Å². The van der Waals surface area contributed by atoms with Crippen LogP contribution < -0.4 is 10.2 Å². The Morgan fingerprint density at radius 1 is 1.06 bits per heavy atom. The molecule has 6 nitrogen and oxygen atoms in total. The zero-order chi connectivity index (χ0) is 23.1. The molecule has 3 rings (SSSR count). The number of nitrogens with one attached hydrogen (secondary N) is 1. The summed E-state index contributed by atoms with van der Waals surface area (Å²) in [5.74, 6) is 0.203. The van der Waals surface area contributed by atoms with Gasteiger partial charge in [-0.05, 0) is 43.2 Å². The van der Waals surface area contributed by atoms with Gasteiger partial charge in [0, 0.05) is 30.6 Å². The van der Waals surface area contributed by atoms with Crippen LogP contribution in [0.3, 0.4) is 0 Å². The number of para-hydroxylation sites is 1. The van der Waals surface area contributed by atoms with Crippen LogP contribution in [0.25, 0.3) is 0 Å². The van der Waals surface area contributed by atoms with Crippen molar-refractivity contribution in [2.45, 2.75) is 52.5 Å². The van der Waals surface area contributed by atoms with Crippen LogP contribution in [-0.4, -0.2) is 35.8 Å². The highest BCUT2D eigenvalue weighted by Gasteiger charge is 2.38. The van der Waals surface area contributed by atoms with Gasteiger partial charge in [0.1, 0.15) is 6.04 Å². The van der Waals surface area contributed by atoms with Crippen LogP contribution in [0, 0.1) is 0 Å². The van der Waals surface area contributed by atoms with Crippen LogP contribution in [0.1, 0.15) is 58.1 Å². The van der Waals surface area contributed by atoms with Gasteiger partial charge in [-0.1, -0.05) is 56.5 Å². The molecule has 2 amide bonds. The second kappa shape index (κ2) is 11.1. The fourth-order valence-corrected chi connectivity index (χ4v) is 3.93. The summed E-state index contributed by atoms with van der Waals surface area (Å²) >= 11 is 6.07. The third kappa shape index (κ3) is 5.30. The maximum Gasteiger partial charge on any atom is 0.247 e. The lowest BCUT2D eigenvalue weighted by atomic mass is 9.99. The van der Waals surface area contributed by atoms with E-state index in [-0.39, 0.29) is 11.8 Å². The summed E-state index contributed by atoms with van der Waals surface area (Å²) < 4.78 is 0. The van der Waals surface area contributed by atoms with Gasteiger partial charge in [-0.2, -0.15) is 0 Å². The van der Waals surface area contributed by atoms with Gasteiger partial charge < -0.3 is 10.2 Å². The molecule has 0 aliphatic carbocycles. The van der Waals surface area contributed by atoms with Gasteiger partial charge in [-0.3, -0.25) is 14.5 Å². The fraction of sp³-hybridized carbons (Fsp3) is 0.400. The average molecular weight is 455 g/mol. The lowest BCUT2D eigenvalue weighted by Gasteiger charge is -2.40. The highest BCUT2D eigenvalue weighted by Crippen LogP contribution is 2.37. The molecule has 32 heavy (non-hydrogen) atoms. The fourth-order valence-electron chi connectivity index (χ4n) is 3.81. The zero-order valence-electron chi connectivity index (χ0n) is 19.0. The van der Waals surface area contributed by atoms with E-state index in [1.165, 1.54) is 6.92 Å². The number of fused-ring (bicyclic) bond motifs is 1. The van der Waals surface area contributed by atoms with Crippen LogP contribution in [-0.2, 0) is 9.59 Å². The molecular formula is C25H31ClN4O2. The number of rotatable bonds is 8. The Labute approximate surface area is 195 Å². The Hall–Kier alpha value is -2.86. The van der Waals surface area contributed by atoms with Gasteiger partial charge in [0.25, 0.3) is 0 Å². The predicted octanol–water partition coefficient (Wildman–Crippen LogP) is 5.45. The van der Waals surface area contributed by atoms with E-state index in [0.717, 1.165) is 31.2 Å². The molecular weight excluding hydrogens is 424 g/mol. The number of carbonyl (C=O) groups excluding carboxylic acids is 2. The topological polar surface area (TPSA) is 65.0 Å². The minimum Gasteiger partial charge on any atom is -0.354 e. The molecule has 1 unspecified atom stereocenters. The van der Waals surface area contributed by atoms with Crippen molar-refractivity contribution in [1.82, 2.24) is 10.2 Å². The van der Waals surface area contributed by atoms with E-state index in [1.807, 2.05) is 29.2 Å². The third-order valence-electron chi connectivity index (χ3n) is 5.45. The molecule has 1 N–H and O–H groups in total. The van der Waals surface area contributed by atoms with Gasteiger partial charge in [-0.15, -0.1) is 0 Å². The minimum atomic E-state index is -0.559. The highest BCUT2D eigenvalue weighted by molar-refractivity contribution is 6.30. The van der Waals surface area contributed by atoms with E-state index in [4.69, 9.17) is 16.6 Å². The van der Waals surface area contributed by atoms with Crippen molar-refractivity contribution in [2.75, 3.05) is 18.0 Å². The Bertz CT molecular complexity index is 974. The van der Waals surface area contributed by atoms with E-state index in [1.54, 1.807) is 29.2 Å². The lowest BCUT2D eigenvalue weighted by molar-refractivity contribution is -0.125. The first-order valence-electron chi connectivity index (χ1n) is 11.3. The van der Waals surface area contributed by atoms with Gasteiger partial charge >= 0.3 is 0 Å².